The molecule has 3 aromatic rings. The molecule has 0 aromatic carbocycles. The number of thiophene rings is 1. The lowest BCUT2D eigenvalue weighted by atomic mass is 10.3. The number of anilines is 2. The highest BCUT2D eigenvalue weighted by atomic mass is 32.1. The van der Waals surface area contributed by atoms with Crippen LogP contribution in [0.5, 0.6) is 0 Å². The molecule has 11 heteroatoms. The van der Waals surface area contributed by atoms with Crippen molar-refractivity contribution in [3.05, 3.63) is 23.3 Å². The highest BCUT2D eigenvalue weighted by molar-refractivity contribution is 7.19. The predicted molar refractivity (Wildman–Crippen MR) is 109 cm³/mol. The lowest BCUT2D eigenvalue weighted by Gasteiger charge is -2.28. The second kappa shape index (κ2) is 8.23. The summed E-state index contributed by atoms with van der Waals surface area (Å²) in [5.74, 6) is 1.21. The maximum atomic E-state index is 11.7. The summed E-state index contributed by atoms with van der Waals surface area (Å²) in [6, 6.07) is 1.95. The van der Waals surface area contributed by atoms with Gasteiger partial charge in [0.2, 0.25) is 11.9 Å². The number of hydrogen-bond donors (Lipinski definition) is 2. The van der Waals surface area contributed by atoms with Gasteiger partial charge in [-0.15, -0.1) is 11.3 Å². The zero-order valence-electron chi connectivity index (χ0n) is 15.9. The summed E-state index contributed by atoms with van der Waals surface area (Å²) in [4.78, 5) is 33.9. The van der Waals surface area contributed by atoms with Crippen molar-refractivity contribution >= 4 is 39.2 Å². The van der Waals surface area contributed by atoms with Gasteiger partial charge in [0.25, 0.3) is 0 Å². The summed E-state index contributed by atoms with van der Waals surface area (Å²) in [5, 5.41) is 9.07. The van der Waals surface area contributed by atoms with Crippen LogP contribution >= 0.6 is 11.3 Å². The Morgan fingerprint density at radius 1 is 1.31 bits per heavy atom. The predicted octanol–water partition coefficient (Wildman–Crippen LogP) is 0.518. The Hall–Kier alpha value is -2.89. The fourth-order valence-corrected chi connectivity index (χ4v) is 4.22. The van der Waals surface area contributed by atoms with Gasteiger partial charge in [0, 0.05) is 37.4 Å². The Morgan fingerprint density at radius 2 is 2.03 bits per heavy atom. The number of carbonyl (C=O) groups excluding carboxylic acids is 1. The SMILES string of the molecule is CN(Cc1cc2nc(-c3cnc(N)nc3)nc(N3CCOCC3)c2s1)C(=O)CO. The Labute approximate surface area is 171 Å². The van der Waals surface area contributed by atoms with Crippen molar-refractivity contribution in [3.63, 3.8) is 0 Å². The number of amides is 1. The zero-order valence-corrected chi connectivity index (χ0v) is 16.7. The molecule has 4 heterocycles. The number of rotatable bonds is 5. The smallest absolute Gasteiger partial charge is 0.248 e. The fourth-order valence-electron chi connectivity index (χ4n) is 3.06. The number of nitrogens with zero attached hydrogens (tertiary/aromatic N) is 6. The van der Waals surface area contributed by atoms with E-state index in [1.165, 1.54) is 4.90 Å². The van der Waals surface area contributed by atoms with Crippen LogP contribution in [0.2, 0.25) is 0 Å². The van der Waals surface area contributed by atoms with E-state index < -0.39 is 6.61 Å². The molecule has 29 heavy (non-hydrogen) atoms. The van der Waals surface area contributed by atoms with E-state index in [1.807, 2.05) is 6.07 Å². The van der Waals surface area contributed by atoms with Crippen molar-refractivity contribution in [2.75, 3.05) is 50.6 Å². The summed E-state index contributed by atoms with van der Waals surface area (Å²) in [7, 11) is 1.66. The lowest BCUT2D eigenvalue weighted by molar-refractivity contribution is -0.133. The van der Waals surface area contributed by atoms with Gasteiger partial charge in [0.1, 0.15) is 6.61 Å². The number of aromatic nitrogens is 4. The average molecular weight is 415 g/mol. The fraction of sp³-hybridized carbons (Fsp3) is 0.389. The van der Waals surface area contributed by atoms with E-state index in [0.29, 0.717) is 31.1 Å². The molecule has 1 aliphatic heterocycles. The van der Waals surface area contributed by atoms with Crippen molar-refractivity contribution in [3.8, 4) is 11.4 Å². The minimum atomic E-state index is -0.512. The standard InChI is InChI=1S/C18H21N7O3S/c1-24(14(27)10-26)9-12-6-13-15(29-12)17(25-2-4-28-5-3-25)23-16(22-13)11-7-20-18(19)21-8-11/h6-8,26H,2-5,9-10H2,1H3,(H2,19,20,21). The molecule has 0 aliphatic carbocycles. The molecular formula is C18H21N7O3S. The quantitative estimate of drug-likeness (QED) is 0.612. The van der Waals surface area contributed by atoms with Crippen molar-refractivity contribution in [1.82, 2.24) is 24.8 Å². The Balaban J connectivity index is 1.77. The maximum Gasteiger partial charge on any atom is 0.248 e. The van der Waals surface area contributed by atoms with Crippen molar-refractivity contribution < 1.29 is 14.6 Å². The molecule has 0 unspecified atom stereocenters. The molecule has 3 N–H and O–H groups in total. The van der Waals surface area contributed by atoms with Crippen LogP contribution in [-0.2, 0) is 16.1 Å². The van der Waals surface area contributed by atoms with Crippen LogP contribution in [0.25, 0.3) is 21.6 Å². The Morgan fingerprint density at radius 3 is 2.72 bits per heavy atom. The number of ether oxygens (including phenoxy) is 1. The van der Waals surface area contributed by atoms with Crippen molar-refractivity contribution in [2.45, 2.75) is 6.54 Å². The van der Waals surface area contributed by atoms with Crippen LogP contribution in [0.3, 0.4) is 0 Å². The van der Waals surface area contributed by atoms with Gasteiger partial charge in [0.05, 0.1) is 35.5 Å². The van der Waals surface area contributed by atoms with E-state index in [-0.39, 0.29) is 11.9 Å². The van der Waals surface area contributed by atoms with E-state index in [4.69, 9.17) is 25.5 Å². The Kier molecular flexibility index (Phi) is 5.51. The van der Waals surface area contributed by atoms with Gasteiger partial charge in [-0.2, -0.15) is 0 Å². The van der Waals surface area contributed by atoms with Gasteiger partial charge >= 0.3 is 0 Å². The van der Waals surface area contributed by atoms with Crippen molar-refractivity contribution in [2.24, 2.45) is 0 Å². The molecule has 0 saturated carbocycles. The first-order valence-corrected chi connectivity index (χ1v) is 9.92. The first kappa shape index (κ1) is 19.4. The highest BCUT2D eigenvalue weighted by Crippen LogP contribution is 2.34. The number of aliphatic hydroxyl groups excluding tert-OH is 1. The topological polar surface area (TPSA) is 131 Å². The number of aliphatic hydroxyl groups is 1. The zero-order chi connectivity index (χ0) is 20.4. The second-order valence-corrected chi connectivity index (χ2v) is 7.77. The third-order valence-corrected chi connectivity index (χ3v) is 5.70. The minimum absolute atomic E-state index is 0.192. The molecule has 0 atom stereocenters. The van der Waals surface area contributed by atoms with Gasteiger partial charge in [-0.3, -0.25) is 4.79 Å². The number of morpholine rings is 1. The number of carbonyl (C=O) groups is 1. The summed E-state index contributed by atoms with van der Waals surface area (Å²) in [6.45, 7) is 2.63. The molecule has 0 radical (unpaired) electrons. The molecule has 1 fully saturated rings. The summed E-state index contributed by atoms with van der Waals surface area (Å²) in [5.41, 5.74) is 7.06. The molecule has 3 aromatic heterocycles. The molecular weight excluding hydrogens is 394 g/mol. The van der Waals surface area contributed by atoms with Crippen LogP contribution in [-0.4, -0.2) is 75.8 Å². The molecule has 1 aliphatic rings. The average Bonchev–Trinajstić information content (AvgIpc) is 3.15. The first-order chi connectivity index (χ1) is 14.0. The number of fused-ring (bicyclic) bond motifs is 1. The summed E-state index contributed by atoms with van der Waals surface area (Å²) >= 11 is 1.55. The van der Waals surface area contributed by atoms with Crippen LogP contribution in [0.4, 0.5) is 11.8 Å². The monoisotopic (exact) mass is 415 g/mol. The third kappa shape index (κ3) is 4.11. The number of likely N-dealkylation sites (N-methyl/N-ethyl adjacent to an activating group) is 1. The normalized spacial score (nSPS) is 14.3. The van der Waals surface area contributed by atoms with E-state index in [2.05, 4.69) is 14.9 Å². The van der Waals surface area contributed by atoms with Gasteiger partial charge in [0.15, 0.2) is 11.6 Å². The maximum absolute atomic E-state index is 11.7. The molecule has 4 rings (SSSR count). The molecule has 1 amide bonds. The van der Waals surface area contributed by atoms with Gasteiger partial charge in [-0.05, 0) is 6.07 Å². The largest absolute Gasteiger partial charge is 0.387 e. The van der Waals surface area contributed by atoms with Crippen molar-refractivity contribution in [1.29, 1.82) is 0 Å². The molecule has 0 bridgehead atoms. The number of nitrogens with two attached hydrogens (primary N) is 1. The van der Waals surface area contributed by atoms with Crippen LogP contribution in [0, 0.1) is 0 Å². The summed E-state index contributed by atoms with van der Waals surface area (Å²) in [6.07, 6.45) is 3.21. The van der Waals surface area contributed by atoms with Crippen LogP contribution in [0.15, 0.2) is 18.5 Å². The second-order valence-electron chi connectivity index (χ2n) is 6.64. The Bertz CT molecular complexity index is 1020. The molecule has 10 nitrogen and oxygen atoms in total. The first-order valence-electron chi connectivity index (χ1n) is 9.11. The van der Waals surface area contributed by atoms with Gasteiger partial charge in [-0.1, -0.05) is 0 Å². The van der Waals surface area contributed by atoms with E-state index in [9.17, 15) is 4.79 Å². The number of nitrogen functional groups attached to an aromatic ring is 1. The van der Waals surface area contributed by atoms with Crippen LogP contribution < -0.4 is 10.6 Å². The van der Waals surface area contributed by atoms with Crippen LogP contribution in [0.1, 0.15) is 4.88 Å². The van der Waals surface area contributed by atoms with E-state index in [1.54, 1.807) is 30.8 Å². The number of hydrogen-bond acceptors (Lipinski definition) is 10. The molecule has 0 spiro atoms. The third-order valence-electron chi connectivity index (χ3n) is 4.60. The highest BCUT2D eigenvalue weighted by Gasteiger charge is 2.21. The molecule has 152 valence electrons. The minimum Gasteiger partial charge on any atom is -0.387 e. The summed E-state index contributed by atoms with van der Waals surface area (Å²) < 4.78 is 6.43. The lowest BCUT2D eigenvalue weighted by Crippen LogP contribution is -2.36. The van der Waals surface area contributed by atoms with Gasteiger partial charge in [-0.25, -0.2) is 19.9 Å². The van der Waals surface area contributed by atoms with Gasteiger partial charge < -0.3 is 25.4 Å². The van der Waals surface area contributed by atoms with E-state index in [0.717, 1.165) is 34.0 Å². The van der Waals surface area contributed by atoms with E-state index >= 15 is 0 Å². The molecule has 1 saturated heterocycles.